The van der Waals surface area contributed by atoms with Gasteiger partial charge in [0.15, 0.2) is 5.65 Å². The van der Waals surface area contributed by atoms with Gasteiger partial charge >= 0.3 is 0 Å². The van der Waals surface area contributed by atoms with Gasteiger partial charge in [-0.3, -0.25) is 9.89 Å². The molecular formula is C15H14N4O. The fourth-order valence-electron chi connectivity index (χ4n) is 2.11. The van der Waals surface area contributed by atoms with E-state index in [0.29, 0.717) is 16.9 Å². The third-order valence-corrected chi connectivity index (χ3v) is 3.25. The Hall–Kier alpha value is -2.69. The third-order valence-electron chi connectivity index (χ3n) is 3.25. The quantitative estimate of drug-likeness (QED) is 0.749. The zero-order chi connectivity index (χ0) is 14.1. The molecule has 0 unspecified atom stereocenters. The van der Waals surface area contributed by atoms with Crippen molar-refractivity contribution in [2.45, 2.75) is 13.8 Å². The maximum absolute atomic E-state index is 12.2. The summed E-state index contributed by atoms with van der Waals surface area (Å²) in [7, 11) is 0. The molecule has 0 aliphatic heterocycles. The number of H-pyrrole nitrogens is 1. The van der Waals surface area contributed by atoms with Gasteiger partial charge in [-0.1, -0.05) is 18.2 Å². The SMILES string of the molecule is Cc1ccccc1C(=O)Nc1cnc2n[nH]c(C)c2c1. The molecule has 100 valence electrons. The molecule has 20 heavy (non-hydrogen) atoms. The van der Waals surface area contributed by atoms with Crippen LogP contribution >= 0.6 is 0 Å². The van der Waals surface area contributed by atoms with E-state index in [0.717, 1.165) is 16.6 Å². The molecule has 0 atom stereocenters. The lowest BCUT2D eigenvalue weighted by molar-refractivity contribution is 0.102. The van der Waals surface area contributed by atoms with E-state index < -0.39 is 0 Å². The zero-order valence-electron chi connectivity index (χ0n) is 11.3. The molecule has 2 N–H and O–H groups in total. The molecule has 0 aliphatic carbocycles. The largest absolute Gasteiger partial charge is 0.321 e. The summed E-state index contributed by atoms with van der Waals surface area (Å²) in [4.78, 5) is 16.4. The maximum Gasteiger partial charge on any atom is 0.255 e. The minimum Gasteiger partial charge on any atom is -0.321 e. The van der Waals surface area contributed by atoms with Crippen molar-refractivity contribution in [2.75, 3.05) is 5.32 Å². The van der Waals surface area contributed by atoms with E-state index in [2.05, 4.69) is 20.5 Å². The van der Waals surface area contributed by atoms with Gasteiger partial charge in [-0.2, -0.15) is 5.10 Å². The van der Waals surface area contributed by atoms with E-state index in [-0.39, 0.29) is 5.91 Å². The highest BCUT2D eigenvalue weighted by Crippen LogP contribution is 2.18. The summed E-state index contributed by atoms with van der Waals surface area (Å²) in [6.45, 7) is 3.83. The van der Waals surface area contributed by atoms with Crippen LogP contribution in [0.2, 0.25) is 0 Å². The van der Waals surface area contributed by atoms with Crippen molar-refractivity contribution in [2.24, 2.45) is 0 Å². The van der Waals surface area contributed by atoms with E-state index in [1.165, 1.54) is 0 Å². The summed E-state index contributed by atoms with van der Waals surface area (Å²) < 4.78 is 0. The van der Waals surface area contributed by atoms with Crippen molar-refractivity contribution in [3.63, 3.8) is 0 Å². The lowest BCUT2D eigenvalue weighted by Crippen LogP contribution is -2.13. The number of carbonyl (C=O) groups excluding carboxylic acids is 1. The van der Waals surface area contributed by atoms with E-state index in [9.17, 15) is 4.79 Å². The predicted molar refractivity (Wildman–Crippen MR) is 77.8 cm³/mol. The first kappa shape index (κ1) is 12.3. The van der Waals surface area contributed by atoms with Crippen LogP contribution in [0.15, 0.2) is 36.5 Å². The highest BCUT2D eigenvalue weighted by molar-refractivity contribution is 6.05. The molecule has 5 heteroatoms. The van der Waals surface area contributed by atoms with Crippen molar-refractivity contribution in [1.29, 1.82) is 0 Å². The number of anilines is 1. The summed E-state index contributed by atoms with van der Waals surface area (Å²) in [5.41, 5.74) is 3.85. The topological polar surface area (TPSA) is 70.7 Å². The molecule has 5 nitrogen and oxygen atoms in total. The number of pyridine rings is 1. The highest BCUT2D eigenvalue weighted by Gasteiger charge is 2.10. The fourth-order valence-corrected chi connectivity index (χ4v) is 2.11. The Labute approximate surface area is 116 Å². The monoisotopic (exact) mass is 266 g/mol. The van der Waals surface area contributed by atoms with Gasteiger partial charge in [0, 0.05) is 16.6 Å². The number of carbonyl (C=O) groups is 1. The second-order valence-corrected chi connectivity index (χ2v) is 4.71. The number of nitrogens with one attached hydrogen (secondary N) is 2. The Bertz CT molecular complexity index is 791. The number of hydrogen-bond donors (Lipinski definition) is 2. The van der Waals surface area contributed by atoms with Crippen molar-refractivity contribution in [1.82, 2.24) is 15.2 Å². The van der Waals surface area contributed by atoms with Crippen LogP contribution in [0, 0.1) is 13.8 Å². The van der Waals surface area contributed by atoms with Crippen LogP contribution in [0.3, 0.4) is 0 Å². The Morgan fingerprint density at radius 3 is 2.85 bits per heavy atom. The first-order chi connectivity index (χ1) is 9.65. The fraction of sp³-hybridized carbons (Fsp3) is 0.133. The molecule has 3 aromatic rings. The average molecular weight is 266 g/mol. The smallest absolute Gasteiger partial charge is 0.255 e. The number of fused-ring (bicyclic) bond motifs is 1. The Balaban J connectivity index is 1.91. The van der Waals surface area contributed by atoms with Gasteiger partial charge in [0.05, 0.1) is 11.9 Å². The van der Waals surface area contributed by atoms with Crippen LogP contribution < -0.4 is 5.32 Å². The van der Waals surface area contributed by atoms with Gasteiger partial charge in [-0.15, -0.1) is 0 Å². The summed E-state index contributed by atoms with van der Waals surface area (Å²) in [6.07, 6.45) is 1.61. The Kier molecular flexibility index (Phi) is 2.95. The molecule has 0 saturated carbocycles. The molecule has 3 rings (SSSR count). The summed E-state index contributed by atoms with van der Waals surface area (Å²) in [5.74, 6) is -0.134. The van der Waals surface area contributed by atoms with Crippen molar-refractivity contribution >= 4 is 22.6 Å². The maximum atomic E-state index is 12.2. The molecular weight excluding hydrogens is 252 g/mol. The second-order valence-electron chi connectivity index (χ2n) is 4.71. The highest BCUT2D eigenvalue weighted by atomic mass is 16.1. The van der Waals surface area contributed by atoms with Crippen molar-refractivity contribution in [3.8, 4) is 0 Å². The lowest BCUT2D eigenvalue weighted by atomic mass is 10.1. The molecule has 2 aromatic heterocycles. The number of aromatic nitrogens is 3. The van der Waals surface area contributed by atoms with Crippen LogP contribution in [0.1, 0.15) is 21.6 Å². The first-order valence-electron chi connectivity index (χ1n) is 6.33. The normalized spacial score (nSPS) is 10.7. The number of aryl methyl sites for hydroxylation is 2. The third kappa shape index (κ3) is 2.14. The minimum absolute atomic E-state index is 0.134. The number of rotatable bonds is 2. The van der Waals surface area contributed by atoms with Crippen LogP contribution in [0.25, 0.3) is 11.0 Å². The Morgan fingerprint density at radius 2 is 2.05 bits per heavy atom. The van der Waals surface area contributed by atoms with Crippen molar-refractivity contribution in [3.05, 3.63) is 53.3 Å². The zero-order valence-corrected chi connectivity index (χ0v) is 11.3. The molecule has 0 radical (unpaired) electrons. The number of amides is 1. The van der Waals surface area contributed by atoms with Gasteiger partial charge < -0.3 is 5.32 Å². The van der Waals surface area contributed by atoms with Crippen molar-refractivity contribution < 1.29 is 4.79 Å². The molecule has 1 amide bonds. The first-order valence-corrected chi connectivity index (χ1v) is 6.33. The number of aromatic amines is 1. The standard InChI is InChI=1S/C15H14N4O/c1-9-5-3-4-6-12(9)15(20)17-11-7-13-10(2)18-19-14(13)16-8-11/h3-8H,1-2H3,(H,17,20)(H,16,18,19). The van der Waals surface area contributed by atoms with Crippen LogP contribution in [0.4, 0.5) is 5.69 Å². The minimum atomic E-state index is -0.134. The number of nitrogens with zero attached hydrogens (tertiary/aromatic N) is 2. The molecule has 0 spiro atoms. The molecule has 2 heterocycles. The summed E-state index contributed by atoms with van der Waals surface area (Å²) in [6, 6.07) is 9.35. The van der Waals surface area contributed by atoms with Crippen LogP contribution in [-0.4, -0.2) is 21.1 Å². The van der Waals surface area contributed by atoms with Gasteiger partial charge in [-0.25, -0.2) is 4.98 Å². The number of benzene rings is 1. The van der Waals surface area contributed by atoms with E-state index >= 15 is 0 Å². The molecule has 0 fully saturated rings. The molecule has 0 aliphatic rings. The predicted octanol–water partition coefficient (Wildman–Crippen LogP) is 2.83. The Morgan fingerprint density at radius 1 is 1.25 bits per heavy atom. The lowest BCUT2D eigenvalue weighted by Gasteiger charge is -2.07. The summed E-state index contributed by atoms with van der Waals surface area (Å²) in [5, 5.41) is 10.7. The summed E-state index contributed by atoms with van der Waals surface area (Å²) >= 11 is 0. The second kappa shape index (κ2) is 4.77. The molecule has 0 saturated heterocycles. The van der Waals surface area contributed by atoms with Gasteiger partial charge in [0.2, 0.25) is 0 Å². The van der Waals surface area contributed by atoms with Crippen LogP contribution in [-0.2, 0) is 0 Å². The number of hydrogen-bond acceptors (Lipinski definition) is 3. The average Bonchev–Trinajstić information content (AvgIpc) is 2.81. The molecule has 0 bridgehead atoms. The van der Waals surface area contributed by atoms with E-state index in [4.69, 9.17) is 0 Å². The van der Waals surface area contributed by atoms with Crippen LogP contribution in [0.5, 0.6) is 0 Å². The van der Waals surface area contributed by atoms with Gasteiger partial charge in [0.25, 0.3) is 5.91 Å². The van der Waals surface area contributed by atoms with E-state index in [1.807, 2.05) is 38.1 Å². The molecule has 1 aromatic carbocycles. The van der Waals surface area contributed by atoms with E-state index in [1.54, 1.807) is 12.3 Å². The van der Waals surface area contributed by atoms with Gasteiger partial charge in [0.1, 0.15) is 0 Å². The van der Waals surface area contributed by atoms with Gasteiger partial charge in [-0.05, 0) is 31.5 Å².